The summed E-state index contributed by atoms with van der Waals surface area (Å²) in [6.45, 7) is -2.98. The fourth-order valence-electron chi connectivity index (χ4n) is 1.96. The van der Waals surface area contributed by atoms with Crippen LogP contribution in [0.25, 0.3) is 16.9 Å². The molecule has 0 amide bonds. The number of hydrogen-bond donors (Lipinski definition) is 1. The van der Waals surface area contributed by atoms with E-state index in [4.69, 9.17) is 10.5 Å². The van der Waals surface area contributed by atoms with Crippen molar-refractivity contribution in [2.75, 3.05) is 12.8 Å². The number of imidazole rings is 1. The van der Waals surface area contributed by atoms with Gasteiger partial charge in [-0.05, 0) is 18.2 Å². The number of alkyl halides is 2. The van der Waals surface area contributed by atoms with Crippen LogP contribution in [0, 0.1) is 0 Å². The van der Waals surface area contributed by atoms with Crippen LogP contribution in [0.4, 0.5) is 14.6 Å². The number of nitrogens with zero attached hydrogens (tertiary/aromatic N) is 4. The standard InChI is InChI=1S/C13H11F2N5O2/c1-21-12-9(22-13(14)15)4-7(5-17-12)8-2-3-11-18-10(16)6-20(11)19-8/h2-6,13H,16H2,1H3. The molecule has 9 heteroatoms. The molecule has 0 unspecified atom stereocenters. The van der Waals surface area contributed by atoms with Crippen molar-refractivity contribution in [2.24, 2.45) is 0 Å². The second-order valence-corrected chi connectivity index (χ2v) is 4.30. The Labute approximate surface area is 123 Å². The van der Waals surface area contributed by atoms with Crippen molar-refractivity contribution in [3.63, 3.8) is 0 Å². The molecular weight excluding hydrogens is 296 g/mol. The van der Waals surface area contributed by atoms with Crippen LogP contribution in [0.3, 0.4) is 0 Å². The number of ether oxygens (including phenoxy) is 2. The van der Waals surface area contributed by atoms with E-state index in [2.05, 4.69) is 19.8 Å². The molecule has 0 saturated carbocycles. The summed E-state index contributed by atoms with van der Waals surface area (Å²) in [4.78, 5) is 7.99. The number of pyridine rings is 1. The van der Waals surface area contributed by atoms with E-state index in [-0.39, 0.29) is 11.6 Å². The molecule has 22 heavy (non-hydrogen) atoms. The second kappa shape index (κ2) is 5.43. The van der Waals surface area contributed by atoms with E-state index in [0.29, 0.717) is 22.7 Å². The van der Waals surface area contributed by atoms with Gasteiger partial charge in [0.25, 0.3) is 5.88 Å². The lowest BCUT2D eigenvalue weighted by Gasteiger charge is -2.10. The summed E-state index contributed by atoms with van der Waals surface area (Å²) < 4.78 is 35.6. The summed E-state index contributed by atoms with van der Waals surface area (Å²) in [5.74, 6) is 0.137. The first-order valence-electron chi connectivity index (χ1n) is 6.18. The summed E-state index contributed by atoms with van der Waals surface area (Å²) in [6, 6.07) is 4.76. The summed E-state index contributed by atoms with van der Waals surface area (Å²) in [5, 5.41) is 4.29. The van der Waals surface area contributed by atoms with Gasteiger partial charge in [-0.25, -0.2) is 14.5 Å². The van der Waals surface area contributed by atoms with Gasteiger partial charge in [0.1, 0.15) is 5.82 Å². The lowest BCUT2D eigenvalue weighted by molar-refractivity contribution is -0.0515. The van der Waals surface area contributed by atoms with Crippen LogP contribution in [0.2, 0.25) is 0 Å². The van der Waals surface area contributed by atoms with Gasteiger partial charge in [-0.15, -0.1) is 0 Å². The van der Waals surface area contributed by atoms with Gasteiger partial charge in [0.05, 0.1) is 19.0 Å². The van der Waals surface area contributed by atoms with Gasteiger partial charge in [-0.1, -0.05) is 0 Å². The van der Waals surface area contributed by atoms with E-state index in [1.165, 1.54) is 23.9 Å². The highest BCUT2D eigenvalue weighted by atomic mass is 19.3. The molecule has 2 N–H and O–H groups in total. The zero-order valence-corrected chi connectivity index (χ0v) is 11.4. The number of nitrogen functional groups attached to an aromatic ring is 1. The highest BCUT2D eigenvalue weighted by Crippen LogP contribution is 2.30. The molecule has 0 aliphatic carbocycles. The van der Waals surface area contributed by atoms with Gasteiger partial charge in [0.15, 0.2) is 11.4 Å². The molecule has 3 aromatic rings. The minimum Gasteiger partial charge on any atom is -0.478 e. The van der Waals surface area contributed by atoms with Crippen molar-refractivity contribution in [1.82, 2.24) is 19.6 Å². The molecule has 0 aromatic carbocycles. The van der Waals surface area contributed by atoms with E-state index in [9.17, 15) is 8.78 Å². The normalized spacial score (nSPS) is 11.1. The largest absolute Gasteiger partial charge is 0.478 e. The smallest absolute Gasteiger partial charge is 0.387 e. The van der Waals surface area contributed by atoms with E-state index < -0.39 is 6.61 Å². The van der Waals surface area contributed by atoms with Gasteiger partial charge in [-0.3, -0.25) is 0 Å². The van der Waals surface area contributed by atoms with Crippen molar-refractivity contribution < 1.29 is 18.3 Å². The number of fused-ring (bicyclic) bond motifs is 1. The Morgan fingerprint density at radius 3 is 2.86 bits per heavy atom. The third-order valence-corrected chi connectivity index (χ3v) is 2.86. The molecule has 0 atom stereocenters. The first-order valence-corrected chi connectivity index (χ1v) is 6.18. The maximum atomic E-state index is 12.4. The van der Waals surface area contributed by atoms with Crippen molar-refractivity contribution >= 4 is 11.5 Å². The van der Waals surface area contributed by atoms with Crippen LogP contribution in [0.5, 0.6) is 11.6 Å². The predicted molar refractivity (Wildman–Crippen MR) is 73.8 cm³/mol. The van der Waals surface area contributed by atoms with Gasteiger partial charge in [0, 0.05) is 11.8 Å². The van der Waals surface area contributed by atoms with Crippen LogP contribution in [0.1, 0.15) is 0 Å². The molecule has 7 nitrogen and oxygen atoms in total. The summed E-state index contributed by atoms with van der Waals surface area (Å²) in [5.41, 5.74) is 7.16. The number of rotatable bonds is 4. The molecule has 0 bridgehead atoms. The van der Waals surface area contributed by atoms with E-state index in [1.807, 2.05) is 0 Å². The molecule has 114 valence electrons. The first kappa shape index (κ1) is 14.0. The molecule has 0 saturated heterocycles. The van der Waals surface area contributed by atoms with Crippen LogP contribution in [-0.2, 0) is 0 Å². The molecule has 3 heterocycles. The SMILES string of the molecule is COc1ncc(-c2ccc3nc(N)cn3n2)cc1OC(F)F. The predicted octanol–water partition coefficient (Wildman–Crippen LogP) is 1.98. The molecule has 0 spiro atoms. The van der Waals surface area contributed by atoms with Crippen molar-refractivity contribution in [3.05, 3.63) is 30.6 Å². The van der Waals surface area contributed by atoms with Gasteiger partial charge >= 0.3 is 6.61 Å². The molecule has 3 rings (SSSR count). The highest BCUT2D eigenvalue weighted by molar-refractivity contribution is 5.63. The Kier molecular flexibility index (Phi) is 3.45. The lowest BCUT2D eigenvalue weighted by Crippen LogP contribution is -2.05. The molecular formula is C13H11F2N5O2. The Bertz CT molecular complexity index is 821. The van der Waals surface area contributed by atoms with E-state index >= 15 is 0 Å². The third-order valence-electron chi connectivity index (χ3n) is 2.86. The van der Waals surface area contributed by atoms with Gasteiger partial charge in [0.2, 0.25) is 0 Å². The van der Waals surface area contributed by atoms with Crippen molar-refractivity contribution in [2.45, 2.75) is 6.61 Å². The zero-order chi connectivity index (χ0) is 15.7. The number of nitrogens with two attached hydrogens (primary N) is 1. The molecule has 0 aliphatic heterocycles. The molecule has 0 fully saturated rings. The first-order chi connectivity index (χ1) is 10.6. The fraction of sp³-hybridized carbons (Fsp3) is 0.154. The lowest BCUT2D eigenvalue weighted by atomic mass is 10.2. The number of methoxy groups -OCH3 is 1. The number of halogens is 2. The van der Waals surface area contributed by atoms with Gasteiger partial charge in [-0.2, -0.15) is 13.9 Å². The fourth-order valence-corrected chi connectivity index (χ4v) is 1.96. The number of aromatic nitrogens is 4. The zero-order valence-electron chi connectivity index (χ0n) is 11.4. The summed E-state index contributed by atoms with van der Waals surface area (Å²) >= 11 is 0. The van der Waals surface area contributed by atoms with E-state index in [0.717, 1.165) is 0 Å². The Morgan fingerprint density at radius 1 is 1.32 bits per heavy atom. The van der Waals surface area contributed by atoms with Crippen molar-refractivity contribution in [3.8, 4) is 22.9 Å². The average Bonchev–Trinajstić information content (AvgIpc) is 2.85. The maximum absolute atomic E-state index is 12.4. The summed E-state index contributed by atoms with van der Waals surface area (Å²) in [7, 11) is 1.32. The minimum atomic E-state index is -2.98. The third kappa shape index (κ3) is 2.60. The minimum absolute atomic E-state index is 0.0306. The van der Waals surface area contributed by atoms with Gasteiger partial charge < -0.3 is 15.2 Å². The van der Waals surface area contributed by atoms with Crippen LogP contribution in [0.15, 0.2) is 30.6 Å². The van der Waals surface area contributed by atoms with E-state index in [1.54, 1.807) is 18.3 Å². The Balaban J connectivity index is 2.05. The Morgan fingerprint density at radius 2 is 2.14 bits per heavy atom. The number of anilines is 1. The van der Waals surface area contributed by atoms with Crippen LogP contribution >= 0.6 is 0 Å². The monoisotopic (exact) mass is 307 g/mol. The van der Waals surface area contributed by atoms with Crippen LogP contribution < -0.4 is 15.2 Å². The summed E-state index contributed by atoms with van der Waals surface area (Å²) in [6.07, 6.45) is 3.00. The Hall–Kier alpha value is -2.97. The highest BCUT2D eigenvalue weighted by Gasteiger charge is 2.14. The molecule has 3 aromatic heterocycles. The maximum Gasteiger partial charge on any atom is 0.387 e. The quantitative estimate of drug-likeness (QED) is 0.793. The van der Waals surface area contributed by atoms with Crippen molar-refractivity contribution in [1.29, 1.82) is 0 Å². The topological polar surface area (TPSA) is 87.6 Å². The molecule has 0 radical (unpaired) electrons. The number of hydrogen-bond acceptors (Lipinski definition) is 6. The van der Waals surface area contributed by atoms with Crippen LogP contribution in [-0.4, -0.2) is 33.3 Å². The molecule has 0 aliphatic rings. The average molecular weight is 307 g/mol. The second-order valence-electron chi connectivity index (χ2n) is 4.30.